The molecule has 1 aromatic rings. The van der Waals surface area contributed by atoms with Crippen molar-refractivity contribution in [2.45, 2.75) is 32.2 Å². The number of rotatable bonds is 4. The molecule has 1 N–H and O–H groups in total. The lowest BCUT2D eigenvalue weighted by Gasteiger charge is -2.16. The SMILES string of the molecule is O=C(O)c1cc(Cl)cn1CC1(C2CC2)CC1. The Kier molecular flexibility index (Phi) is 2.08. The second kappa shape index (κ2) is 3.27. The van der Waals surface area contributed by atoms with E-state index in [2.05, 4.69) is 0 Å². The molecule has 0 bridgehead atoms. The van der Waals surface area contributed by atoms with Crippen molar-refractivity contribution in [1.82, 2.24) is 4.57 Å². The highest BCUT2D eigenvalue weighted by atomic mass is 35.5. The van der Waals surface area contributed by atoms with Gasteiger partial charge in [-0.2, -0.15) is 0 Å². The zero-order chi connectivity index (χ0) is 11.3. The van der Waals surface area contributed by atoms with Crippen molar-refractivity contribution >= 4 is 17.6 Å². The first kappa shape index (κ1) is 10.2. The van der Waals surface area contributed by atoms with Gasteiger partial charge in [0.2, 0.25) is 0 Å². The molecule has 0 aromatic carbocycles. The Morgan fingerprint density at radius 1 is 1.56 bits per heavy atom. The average Bonchev–Trinajstić information content (AvgIpc) is 3.05. The highest BCUT2D eigenvalue weighted by Gasteiger charge is 2.53. The predicted octanol–water partition coefficient (Wildman–Crippen LogP) is 3.03. The van der Waals surface area contributed by atoms with Crippen LogP contribution < -0.4 is 0 Å². The van der Waals surface area contributed by atoms with Gasteiger partial charge in [-0.1, -0.05) is 11.6 Å². The Morgan fingerprint density at radius 3 is 2.75 bits per heavy atom. The summed E-state index contributed by atoms with van der Waals surface area (Å²) in [6.45, 7) is 0.825. The third-order valence-electron chi connectivity index (χ3n) is 3.90. The van der Waals surface area contributed by atoms with Gasteiger partial charge in [0.1, 0.15) is 5.69 Å². The number of aromatic carboxylic acids is 1. The van der Waals surface area contributed by atoms with Crippen LogP contribution in [0.2, 0.25) is 5.02 Å². The summed E-state index contributed by atoms with van der Waals surface area (Å²) < 4.78 is 1.82. The number of carboxylic acid groups (broad SMARTS) is 1. The van der Waals surface area contributed by atoms with Crippen LogP contribution in [-0.2, 0) is 6.54 Å². The van der Waals surface area contributed by atoms with E-state index in [1.807, 2.05) is 4.57 Å². The van der Waals surface area contributed by atoms with E-state index in [-0.39, 0.29) is 0 Å². The molecular formula is C12H14ClNO2. The van der Waals surface area contributed by atoms with Crippen LogP contribution >= 0.6 is 11.6 Å². The standard InChI is InChI=1S/C12H14ClNO2/c13-9-5-10(11(15)16)14(6-9)7-12(3-4-12)8-1-2-8/h5-6,8H,1-4,7H2,(H,15,16). The number of carboxylic acids is 1. The van der Waals surface area contributed by atoms with Crippen LogP contribution in [0.3, 0.4) is 0 Å². The highest BCUT2D eigenvalue weighted by molar-refractivity contribution is 6.30. The van der Waals surface area contributed by atoms with E-state index in [9.17, 15) is 4.79 Å². The van der Waals surface area contributed by atoms with Crippen LogP contribution in [0, 0.1) is 11.3 Å². The Morgan fingerprint density at radius 2 is 2.25 bits per heavy atom. The molecule has 16 heavy (non-hydrogen) atoms. The lowest BCUT2D eigenvalue weighted by molar-refractivity contribution is 0.0683. The summed E-state index contributed by atoms with van der Waals surface area (Å²) in [4.78, 5) is 11.0. The Labute approximate surface area is 99.0 Å². The smallest absolute Gasteiger partial charge is 0.352 e. The van der Waals surface area contributed by atoms with Crippen molar-refractivity contribution in [2.75, 3.05) is 0 Å². The van der Waals surface area contributed by atoms with Crippen molar-refractivity contribution in [1.29, 1.82) is 0 Å². The van der Waals surface area contributed by atoms with Crippen LogP contribution in [0.4, 0.5) is 0 Å². The molecule has 3 rings (SSSR count). The molecule has 1 aromatic heterocycles. The molecule has 3 nitrogen and oxygen atoms in total. The normalized spacial score (nSPS) is 22.1. The molecule has 0 radical (unpaired) electrons. The monoisotopic (exact) mass is 239 g/mol. The molecule has 0 atom stereocenters. The quantitative estimate of drug-likeness (QED) is 0.878. The van der Waals surface area contributed by atoms with Crippen LogP contribution in [0.25, 0.3) is 0 Å². The minimum absolute atomic E-state index is 0.317. The summed E-state index contributed by atoms with van der Waals surface area (Å²) in [5.41, 5.74) is 0.712. The Hall–Kier alpha value is -0.960. The molecule has 4 heteroatoms. The van der Waals surface area contributed by atoms with Gasteiger partial charge in [-0.05, 0) is 43.1 Å². The maximum atomic E-state index is 11.0. The van der Waals surface area contributed by atoms with Crippen molar-refractivity contribution in [2.24, 2.45) is 11.3 Å². The first-order chi connectivity index (χ1) is 7.61. The number of nitrogens with zero attached hydrogens (tertiary/aromatic N) is 1. The molecule has 0 amide bonds. The van der Waals surface area contributed by atoms with Crippen LogP contribution in [0.1, 0.15) is 36.2 Å². The van der Waals surface area contributed by atoms with E-state index >= 15 is 0 Å². The van der Waals surface area contributed by atoms with E-state index < -0.39 is 5.97 Å². The minimum atomic E-state index is -0.890. The van der Waals surface area contributed by atoms with Gasteiger partial charge in [-0.25, -0.2) is 4.79 Å². The van der Waals surface area contributed by atoms with Gasteiger partial charge in [-0.15, -0.1) is 0 Å². The number of halogens is 1. The van der Waals surface area contributed by atoms with E-state index in [1.165, 1.54) is 31.7 Å². The number of hydrogen-bond donors (Lipinski definition) is 1. The molecule has 0 unspecified atom stereocenters. The van der Waals surface area contributed by atoms with Gasteiger partial charge < -0.3 is 9.67 Å². The molecule has 0 spiro atoms. The fourth-order valence-corrected chi connectivity index (χ4v) is 2.90. The fourth-order valence-electron chi connectivity index (χ4n) is 2.68. The van der Waals surface area contributed by atoms with Crippen LogP contribution in [0.5, 0.6) is 0 Å². The lowest BCUT2D eigenvalue weighted by atomic mass is 10.0. The highest BCUT2D eigenvalue weighted by Crippen LogP contribution is 2.62. The second-order valence-corrected chi connectivity index (χ2v) is 5.55. The maximum absolute atomic E-state index is 11.0. The number of aromatic nitrogens is 1. The first-order valence-corrected chi connectivity index (χ1v) is 6.07. The molecule has 86 valence electrons. The summed E-state index contributed by atoms with van der Waals surface area (Å²) in [7, 11) is 0. The van der Waals surface area contributed by atoms with Gasteiger partial charge in [-0.3, -0.25) is 0 Å². The van der Waals surface area contributed by atoms with E-state index in [0.717, 1.165) is 12.5 Å². The summed E-state index contributed by atoms with van der Waals surface area (Å²) in [6.07, 6.45) is 6.86. The number of carbonyl (C=O) groups is 1. The largest absolute Gasteiger partial charge is 0.477 e. The van der Waals surface area contributed by atoms with Crippen LogP contribution in [0.15, 0.2) is 12.3 Å². The van der Waals surface area contributed by atoms with E-state index in [4.69, 9.17) is 16.7 Å². The summed E-state index contributed by atoms with van der Waals surface area (Å²) >= 11 is 5.87. The Balaban J connectivity index is 1.86. The van der Waals surface area contributed by atoms with E-state index in [0.29, 0.717) is 16.1 Å². The van der Waals surface area contributed by atoms with Crippen molar-refractivity contribution in [3.63, 3.8) is 0 Å². The predicted molar refractivity (Wildman–Crippen MR) is 60.8 cm³/mol. The topological polar surface area (TPSA) is 42.2 Å². The second-order valence-electron chi connectivity index (χ2n) is 5.11. The average molecular weight is 240 g/mol. The van der Waals surface area contributed by atoms with Gasteiger partial charge in [0, 0.05) is 12.7 Å². The van der Waals surface area contributed by atoms with Crippen molar-refractivity contribution in [3.8, 4) is 0 Å². The molecule has 2 saturated carbocycles. The maximum Gasteiger partial charge on any atom is 0.352 e. The molecule has 2 fully saturated rings. The minimum Gasteiger partial charge on any atom is -0.477 e. The van der Waals surface area contributed by atoms with Gasteiger partial charge in [0.25, 0.3) is 0 Å². The third-order valence-corrected chi connectivity index (χ3v) is 4.11. The third kappa shape index (κ3) is 1.63. The fraction of sp³-hybridized carbons (Fsp3) is 0.583. The molecular weight excluding hydrogens is 226 g/mol. The molecule has 0 saturated heterocycles. The first-order valence-electron chi connectivity index (χ1n) is 5.70. The lowest BCUT2D eigenvalue weighted by Crippen LogP contribution is -2.17. The zero-order valence-corrected chi connectivity index (χ0v) is 9.70. The van der Waals surface area contributed by atoms with Gasteiger partial charge in [0.05, 0.1) is 5.02 Å². The summed E-state index contributed by atoms with van der Waals surface area (Å²) in [5.74, 6) is -0.0613. The zero-order valence-electron chi connectivity index (χ0n) is 8.95. The van der Waals surface area contributed by atoms with Crippen molar-refractivity contribution in [3.05, 3.63) is 23.0 Å². The molecule has 1 heterocycles. The molecule has 0 aliphatic heterocycles. The van der Waals surface area contributed by atoms with Gasteiger partial charge in [0.15, 0.2) is 0 Å². The summed E-state index contributed by atoms with van der Waals surface area (Å²) in [5, 5.41) is 9.59. The molecule has 2 aliphatic carbocycles. The Bertz CT molecular complexity index is 444. The number of hydrogen-bond acceptors (Lipinski definition) is 1. The summed E-state index contributed by atoms with van der Waals surface area (Å²) in [6, 6.07) is 1.53. The van der Waals surface area contributed by atoms with Crippen LogP contribution in [-0.4, -0.2) is 15.6 Å². The van der Waals surface area contributed by atoms with Gasteiger partial charge >= 0.3 is 5.97 Å². The molecule has 2 aliphatic rings. The van der Waals surface area contributed by atoms with E-state index in [1.54, 1.807) is 6.20 Å². The van der Waals surface area contributed by atoms with Crippen molar-refractivity contribution < 1.29 is 9.90 Å².